The summed E-state index contributed by atoms with van der Waals surface area (Å²) in [7, 11) is 2.09. The van der Waals surface area contributed by atoms with Crippen molar-refractivity contribution in [3.8, 4) is 0 Å². The average Bonchev–Trinajstić information content (AvgIpc) is 2.38. The second-order valence-electron chi connectivity index (χ2n) is 5.92. The molecule has 0 bridgehead atoms. The molecule has 2 heteroatoms. The van der Waals surface area contributed by atoms with Crippen molar-refractivity contribution in [1.29, 1.82) is 0 Å². The lowest BCUT2D eigenvalue weighted by Gasteiger charge is -2.51. The van der Waals surface area contributed by atoms with E-state index in [1.807, 2.05) is 0 Å². The van der Waals surface area contributed by atoms with Crippen LogP contribution in [0.4, 0.5) is 0 Å². The predicted octanol–water partition coefficient (Wildman–Crippen LogP) is 3.21. The molecule has 0 aromatic heterocycles. The number of hydrogen-bond acceptors (Lipinski definition) is 2. The minimum absolute atomic E-state index is 0.211. The van der Waals surface area contributed by atoms with Crippen molar-refractivity contribution in [3.05, 3.63) is 35.9 Å². The summed E-state index contributed by atoms with van der Waals surface area (Å²) in [5, 5.41) is 3.49. The third kappa shape index (κ3) is 2.45. The van der Waals surface area contributed by atoms with Gasteiger partial charge in [0.2, 0.25) is 0 Å². The Kier molecular flexibility index (Phi) is 4.08. The van der Waals surface area contributed by atoms with Crippen molar-refractivity contribution < 1.29 is 0 Å². The van der Waals surface area contributed by atoms with Crippen molar-refractivity contribution >= 4 is 0 Å². The minimum Gasteiger partial charge on any atom is -0.315 e. The number of likely N-dealkylation sites (N-methyl/N-ethyl adjacent to an activating group) is 1. The van der Waals surface area contributed by atoms with Gasteiger partial charge in [-0.15, -0.1) is 0 Å². The zero-order chi connectivity index (χ0) is 13.2. The van der Waals surface area contributed by atoms with Gasteiger partial charge in [-0.25, -0.2) is 0 Å². The molecule has 2 atom stereocenters. The summed E-state index contributed by atoms with van der Waals surface area (Å²) in [5.74, 6) is 0. The molecule has 0 radical (unpaired) electrons. The van der Waals surface area contributed by atoms with Gasteiger partial charge in [0.1, 0.15) is 0 Å². The second kappa shape index (κ2) is 5.41. The number of nitrogens with one attached hydrogen (secondary N) is 1. The Morgan fingerprint density at radius 1 is 1.28 bits per heavy atom. The molecular weight excluding hydrogens is 220 g/mol. The van der Waals surface area contributed by atoms with Gasteiger partial charge in [0.05, 0.1) is 0 Å². The molecule has 100 valence electrons. The lowest BCUT2D eigenvalue weighted by atomic mass is 9.83. The van der Waals surface area contributed by atoms with Crippen LogP contribution >= 0.6 is 0 Å². The van der Waals surface area contributed by atoms with E-state index in [-0.39, 0.29) is 5.54 Å². The maximum Gasteiger partial charge on any atom is 0.0325 e. The van der Waals surface area contributed by atoms with E-state index in [9.17, 15) is 0 Å². The molecule has 1 fully saturated rings. The van der Waals surface area contributed by atoms with E-state index in [1.54, 1.807) is 0 Å². The average molecular weight is 246 g/mol. The van der Waals surface area contributed by atoms with Gasteiger partial charge in [0.15, 0.2) is 0 Å². The smallest absolute Gasteiger partial charge is 0.0325 e. The van der Waals surface area contributed by atoms with Crippen LogP contribution in [0.3, 0.4) is 0 Å². The molecule has 1 aliphatic heterocycles. The van der Waals surface area contributed by atoms with Gasteiger partial charge in [-0.05, 0) is 52.8 Å². The fourth-order valence-corrected chi connectivity index (χ4v) is 3.41. The van der Waals surface area contributed by atoms with Crippen molar-refractivity contribution in [1.82, 2.24) is 10.2 Å². The molecule has 1 saturated heterocycles. The quantitative estimate of drug-likeness (QED) is 0.881. The molecule has 0 saturated carbocycles. The highest BCUT2D eigenvalue weighted by Gasteiger charge is 2.39. The number of rotatable bonds is 3. The maximum atomic E-state index is 3.49. The largest absolute Gasteiger partial charge is 0.315 e. The Morgan fingerprint density at radius 3 is 2.56 bits per heavy atom. The highest BCUT2D eigenvalue weighted by Crippen LogP contribution is 2.35. The van der Waals surface area contributed by atoms with Crippen molar-refractivity contribution in [3.63, 3.8) is 0 Å². The highest BCUT2D eigenvalue weighted by molar-refractivity contribution is 5.19. The third-order valence-electron chi connectivity index (χ3n) is 4.58. The molecule has 2 unspecified atom stereocenters. The third-order valence-corrected chi connectivity index (χ3v) is 4.58. The van der Waals surface area contributed by atoms with Crippen LogP contribution in [-0.2, 0) is 0 Å². The van der Waals surface area contributed by atoms with Gasteiger partial charge in [-0.2, -0.15) is 0 Å². The van der Waals surface area contributed by atoms with Crippen LogP contribution in [0.25, 0.3) is 0 Å². The van der Waals surface area contributed by atoms with Gasteiger partial charge in [-0.3, -0.25) is 4.90 Å². The molecule has 18 heavy (non-hydrogen) atoms. The standard InChI is InChI=1S/C16H26N2/c1-13(14-9-6-5-7-10-14)18-12-8-11-15(17-4)16(18,2)3/h5-7,9-10,13,15,17H,8,11-12H2,1-4H3. The first-order valence-electron chi connectivity index (χ1n) is 7.06. The van der Waals surface area contributed by atoms with E-state index in [0.29, 0.717) is 12.1 Å². The summed E-state index contributed by atoms with van der Waals surface area (Å²) in [6, 6.07) is 11.9. The molecule has 1 heterocycles. The molecule has 0 amide bonds. The molecule has 1 aromatic rings. The number of hydrogen-bond donors (Lipinski definition) is 1. The van der Waals surface area contributed by atoms with E-state index >= 15 is 0 Å². The molecule has 2 rings (SSSR count). The Balaban J connectivity index is 2.21. The Morgan fingerprint density at radius 2 is 1.94 bits per heavy atom. The number of likely N-dealkylation sites (tertiary alicyclic amines) is 1. The van der Waals surface area contributed by atoms with E-state index in [0.717, 1.165) is 0 Å². The van der Waals surface area contributed by atoms with E-state index in [2.05, 4.69) is 68.4 Å². The summed E-state index contributed by atoms with van der Waals surface area (Å²) in [6.07, 6.45) is 2.56. The minimum atomic E-state index is 0.211. The van der Waals surface area contributed by atoms with Gasteiger partial charge < -0.3 is 5.32 Å². The number of piperidine rings is 1. The predicted molar refractivity (Wildman–Crippen MR) is 77.7 cm³/mol. The van der Waals surface area contributed by atoms with Gasteiger partial charge in [-0.1, -0.05) is 30.3 Å². The monoisotopic (exact) mass is 246 g/mol. The van der Waals surface area contributed by atoms with Crippen LogP contribution in [0.1, 0.15) is 45.2 Å². The number of benzene rings is 1. The molecule has 0 aliphatic carbocycles. The van der Waals surface area contributed by atoms with Crippen LogP contribution in [0.5, 0.6) is 0 Å². The van der Waals surface area contributed by atoms with E-state index in [1.165, 1.54) is 24.9 Å². The fourth-order valence-electron chi connectivity index (χ4n) is 3.41. The Hall–Kier alpha value is -0.860. The summed E-state index contributed by atoms with van der Waals surface area (Å²) in [4.78, 5) is 2.65. The lowest BCUT2D eigenvalue weighted by Crippen LogP contribution is -2.60. The van der Waals surface area contributed by atoms with Crippen molar-refractivity contribution in [2.75, 3.05) is 13.6 Å². The summed E-state index contributed by atoms with van der Waals surface area (Å²) < 4.78 is 0. The lowest BCUT2D eigenvalue weighted by molar-refractivity contribution is 0.0131. The first-order chi connectivity index (χ1) is 8.57. The molecule has 1 aromatic carbocycles. The molecule has 1 aliphatic rings. The maximum absolute atomic E-state index is 3.49. The molecule has 1 N–H and O–H groups in total. The van der Waals surface area contributed by atoms with Gasteiger partial charge in [0, 0.05) is 17.6 Å². The van der Waals surface area contributed by atoms with Crippen molar-refractivity contribution in [2.24, 2.45) is 0 Å². The summed E-state index contributed by atoms with van der Waals surface area (Å²) in [6.45, 7) is 8.26. The first kappa shape index (κ1) is 13.6. The molecule has 0 spiro atoms. The van der Waals surface area contributed by atoms with Crippen LogP contribution in [0.2, 0.25) is 0 Å². The normalized spacial score (nSPS) is 25.9. The van der Waals surface area contributed by atoms with E-state index in [4.69, 9.17) is 0 Å². The SMILES string of the molecule is CNC1CCCN(C(C)c2ccccc2)C1(C)C. The Bertz CT molecular complexity index is 372. The van der Waals surface area contributed by atoms with Crippen LogP contribution in [-0.4, -0.2) is 30.1 Å². The fraction of sp³-hybridized carbons (Fsp3) is 0.625. The van der Waals surface area contributed by atoms with Crippen molar-refractivity contribution in [2.45, 2.75) is 51.2 Å². The molecule has 2 nitrogen and oxygen atoms in total. The van der Waals surface area contributed by atoms with E-state index < -0.39 is 0 Å². The molecular formula is C16H26N2. The number of nitrogens with zero attached hydrogens (tertiary/aromatic N) is 1. The zero-order valence-electron chi connectivity index (χ0n) is 12.1. The first-order valence-corrected chi connectivity index (χ1v) is 7.06. The van der Waals surface area contributed by atoms with Crippen LogP contribution in [0, 0.1) is 0 Å². The summed E-state index contributed by atoms with van der Waals surface area (Å²) in [5.41, 5.74) is 1.63. The van der Waals surface area contributed by atoms with Gasteiger partial charge in [0.25, 0.3) is 0 Å². The zero-order valence-corrected chi connectivity index (χ0v) is 12.1. The highest BCUT2D eigenvalue weighted by atomic mass is 15.3. The Labute approximate surface area is 111 Å². The van der Waals surface area contributed by atoms with Crippen LogP contribution < -0.4 is 5.32 Å². The summed E-state index contributed by atoms with van der Waals surface area (Å²) >= 11 is 0. The van der Waals surface area contributed by atoms with Crippen LogP contribution in [0.15, 0.2) is 30.3 Å². The van der Waals surface area contributed by atoms with Gasteiger partial charge >= 0.3 is 0 Å². The second-order valence-corrected chi connectivity index (χ2v) is 5.92. The topological polar surface area (TPSA) is 15.3 Å².